The number of allylic oxidation sites excluding steroid dienone is 1. The molecule has 5 heteroatoms. The molecule has 5 nitrogen and oxygen atoms in total. The van der Waals surface area contributed by atoms with Crippen LogP contribution in [0, 0.1) is 0 Å². The summed E-state index contributed by atoms with van der Waals surface area (Å²) < 4.78 is 4.64. The van der Waals surface area contributed by atoms with Crippen LogP contribution in [0.25, 0.3) is 5.53 Å². The molecule has 0 saturated carbocycles. The average Bonchev–Trinajstić information content (AvgIpc) is 2.30. The zero-order valence-corrected chi connectivity index (χ0v) is 10.4. The van der Waals surface area contributed by atoms with Crippen molar-refractivity contribution in [3.63, 3.8) is 0 Å². The van der Waals surface area contributed by atoms with Gasteiger partial charge in [-0.1, -0.05) is 25.8 Å². The Labute approximate surface area is 102 Å². The molecule has 17 heavy (non-hydrogen) atoms. The van der Waals surface area contributed by atoms with E-state index in [0.29, 0.717) is 0 Å². The Morgan fingerprint density at radius 3 is 2.71 bits per heavy atom. The molecule has 1 unspecified atom stereocenters. The second-order valence-corrected chi connectivity index (χ2v) is 3.57. The number of esters is 1. The average molecular weight is 240 g/mol. The normalized spacial score (nSPS) is 12.2. The van der Waals surface area contributed by atoms with Crippen LogP contribution in [0.5, 0.6) is 0 Å². The molecule has 1 atom stereocenters. The first-order valence-electron chi connectivity index (χ1n) is 5.91. The summed E-state index contributed by atoms with van der Waals surface area (Å²) >= 11 is 0. The van der Waals surface area contributed by atoms with E-state index in [-0.39, 0.29) is 6.61 Å². The lowest BCUT2D eigenvalue weighted by molar-refractivity contribution is -0.141. The van der Waals surface area contributed by atoms with E-state index in [4.69, 9.17) is 5.53 Å². The SMILES string of the molecule is CCCCC/C=C/C(O)C(=[N+]=[N-])C(=O)OCC. The van der Waals surface area contributed by atoms with Crippen LogP contribution in [0.2, 0.25) is 0 Å². The Morgan fingerprint density at radius 2 is 2.18 bits per heavy atom. The van der Waals surface area contributed by atoms with Gasteiger partial charge in [-0.15, -0.1) is 0 Å². The fraction of sp³-hybridized carbons (Fsp3) is 0.667. The van der Waals surface area contributed by atoms with Gasteiger partial charge < -0.3 is 15.4 Å². The van der Waals surface area contributed by atoms with E-state index in [0.717, 1.165) is 25.7 Å². The summed E-state index contributed by atoms with van der Waals surface area (Å²) in [4.78, 5) is 14.0. The number of rotatable bonds is 8. The van der Waals surface area contributed by atoms with Gasteiger partial charge in [0, 0.05) is 0 Å². The molecule has 0 aliphatic rings. The third-order valence-electron chi connectivity index (χ3n) is 2.17. The van der Waals surface area contributed by atoms with E-state index < -0.39 is 17.8 Å². The van der Waals surface area contributed by atoms with E-state index in [1.807, 2.05) is 0 Å². The van der Waals surface area contributed by atoms with E-state index in [9.17, 15) is 9.90 Å². The van der Waals surface area contributed by atoms with Crippen molar-refractivity contribution in [3.05, 3.63) is 17.7 Å². The summed E-state index contributed by atoms with van der Waals surface area (Å²) in [6.45, 7) is 3.92. The number of nitrogens with zero attached hydrogens (tertiary/aromatic N) is 2. The molecular formula is C12H20N2O3. The Kier molecular flexibility index (Phi) is 8.92. The maximum Gasteiger partial charge on any atom is 0.420 e. The molecule has 0 aliphatic carbocycles. The highest BCUT2D eigenvalue weighted by molar-refractivity contribution is 6.36. The largest absolute Gasteiger partial charge is 0.457 e. The summed E-state index contributed by atoms with van der Waals surface area (Å²) in [6, 6.07) is 0. The van der Waals surface area contributed by atoms with Gasteiger partial charge in [0.2, 0.25) is 0 Å². The zero-order chi connectivity index (χ0) is 13.1. The van der Waals surface area contributed by atoms with Gasteiger partial charge in [0.05, 0.1) is 6.61 Å². The van der Waals surface area contributed by atoms with E-state index in [1.165, 1.54) is 6.08 Å². The summed E-state index contributed by atoms with van der Waals surface area (Å²) in [5, 5.41) is 9.58. The molecule has 0 fully saturated rings. The number of carbonyl (C=O) groups is 1. The summed E-state index contributed by atoms with van der Waals surface area (Å²) in [6.07, 6.45) is 6.09. The van der Waals surface area contributed by atoms with Crippen LogP contribution in [0.1, 0.15) is 39.5 Å². The van der Waals surface area contributed by atoms with Gasteiger partial charge in [-0.05, 0) is 25.8 Å². The highest BCUT2D eigenvalue weighted by Gasteiger charge is 2.28. The number of ether oxygens (including phenoxy) is 1. The third kappa shape index (κ3) is 6.66. The molecule has 0 spiro atoms. The van der Waals surface area contributed by atoms with E-state index in [1.54, 1.807) is 13.0 Å². The number of aliphatic hydroxyl groups excluding tert-OH is 1. The molecule has 0 aromatic heterocycles. The molecule has 0 bridgehead atoms. The Morgan fingerprint density at radius 1 is 1.47 bits per heavy atom. The minimum Gasteiger partial charge on any atom is -0.457 e. The maximum absolute atomic E-state index is 11.2. The number of carbonyl (C=O) groups excluding carboxylic acids is 1. The molecule has 0 aliphatic heterocycles. The highest BCUT2D eigenvalue weighted by atomic mass is 16.5. The summed E-state index contributed by atoms with van der Waals surface area (Å²) in [5.41, 5.74) is 8.24. The minimum atomic E-state index is -1.22. The van der Waals surface area contributed by atoms with Crippen molar-refractivity contribution in [1.29, 1.82) is 0 Å². The minimum absolute atomic E-state index is 0.171. The standard InChI is InChI=1S/C12H20N2O3/c1-3-5-6-7-8-9-10(15)11(14-13)12(16)17-4-2/h8-10,15H,3-7H2,1-2H3/b9-8+. The van der Waals surface area contributed by atoms with E-state index in [2.05, 4.69) is 16.5 Å². The van der Waals surface area contributed by atoms with Gasteiger partial charge in [0.15, 0.2) is 6.10 Å². The summed E-state index contributed by atoms with van der Waals surface area (Å²) in [7, 11) is 0. The number of hydrogen-bond acceptors (Lipinski definition) is 3. The molecule has 0 amide bonds. The molecule has 1 N–H and O–H groups in total. The van der Waals surface area contributed by atoms with Crippen molar-refractivity contribution in [3.8, 4) is 0 Å². The topological polar surface area (TPSA) is 82.9 Å². The number of hydrogen-bond donors (Lipinski definition) is 1. The molecular weight excluding hydrogens is 220 g/mol. The first-order valence-corrected chi connectivity index (χ1v) is 5.91. The van der Waals surface area contributed by atoms with Crippen LogP contribution in [-0.2, 0) is 9.53 Å². The fourth-order valence-corrected chi connectivity index (χ4v) is 1.25. The second kappa shape index (κ2) is 9.75. The Balaban J connectivity index is 4.22. The lowest BCUT2D eigenvalue weighted by Gasteiger charge is -2.00. The van der Waals surface area contributed by atoms with Gasteiger partial charge >= 0.3 is 11.7 Å². The van der Waals surface area contributed by atoms with Crippen LogP contribution in [0.15, 0.2) is 12.2 Å². The summed E-state index contributed by atoms with van der Waals surface area (Å²) in [5.74, 6) is -0.805. The smallest absolute Gasteiger partial charge is 0.420 e. The van der Waals surface area contributed by atoms with Gasteiger partial charge in [0.1, 0.15) is 0 Å². The lowest BCUT2D eigenvalue weighted by Crippen LogP contribution is -2.29. The second-order valence-electron chi connectivity index (χ2n) is 3.57. The fourth-order valence-electron chi connectivity index (χ4n) is 1.25. The van der Waals surface area contributed by atoms with Crippen molar-refractivity contribution in [2.75, 3.05) is 6.61 Å². The van der Waals surface area contributed by atoms with Crippen molar-refractivity contribution >= 4 is 11.7 Å². The molecule has 0 aromatic rings. The van der Waals surface area contributed by atoms with Gasteiger partial charge in [-0.25, -0.2) is 4.79 Å². The third-order valence-corrected chi connectivity index (χ3v) is 2.17. The van der Waals surface area contributed by atoms with Crippen LogP contribution < -0.4 is 0 Å². The molecule has 0 heterocycles. The highest BCUT2D eigenvalue weighted by Crippen LogP contribution is 2.01. The number of unbranched alkanes of at least 4 members (excludes halogenated alkanes) is 3. The zero-order valence-electron chi connectivity index (χ0n) is 10.4. The van der Waals surface area contributed by atoms with Gasteiger partial charge in [0.25, 0.3) is 0 Å². The lowest BCUT2D eigenvalue weighted by atomic mass is 10.1. The van der Waals surface area contributed by atoms with Crippen molar-refractivity contribution in [2.24, 2.45) is 0 Å². The molecule has 96 valence electrons. The van der Waals surface area contributed by atoms with Crippen LogP contribution in [0.4, 0.5) is 0 Å². The molecule has 0 aromatic carbocycles. The van der Waals surface area contributed by atoms with Crippen molar-refractivity contribution in [2.45, 2.75) is 45.6 Å². The van der Waals surface area contributed by atoms with Crippen molar-refractivity contribution < 1.29 is 19.4 Å². The van der Waals surface area contributed by atoms with E-state index >= 15 is 0 Å². The monoisotopic (exact) mass is 240 g/mol. The van der Waals surface area contributed by atoms with Gasteiger partial charge in [-0.3, -0.25) is 0 Å². The molecule has 0 radical (unpaired) electrons. The quantitative estimate of drug-likeness (QED) is 0.175. The number of aliphatic hydroxyl groups is 1. The van der Waals surface area contributed by atoms with Crippen LogP contribution >= 0.6 is 0 Å². The Hall–Kier alpha value is -1.45. The first-order chi connectivity index (χ1) is 8.17. The van der Waals surface area contributed by atoms with Crippen LogP contribution in [0.3, 0.4) is 0 Å². The van der Waals surface area contributed by atoms with Gasteiger partial charge in [-0.2, -0.15) is 4.79 Å². The maximum atomic E-state index is 11.2. The predicted molar refractivity (Wildman–Crippen MR) is 64.5 cm³/mol. The Bertz CT molecular complexity index is 307. The predicted octanol–water partition coefficient (Wildman–Crippen LogP) is 1.72. The first kappa shape index (κ1) is 15.6. The van der Waals surface area contributed by atoms with Crippen LogP contribution in [-0.4, -0.2) is 34.3 Å². The van der Waals surface area contributed by atoms with Crippen molar-refractivity contribution in [1.82, 2.24) is 0 Å². The molecule has 0 saturated heterocycles. The molecule has 0 rings (SSSR count).